The van der Waals surface area contributed by atoms with Gasteiger partial charge in [-0.3, -0.25) is 9.36 Å². The molecule has 0 aromatic heterocycles. The van der Waals surface area contributed by atoms with E-state index < -0.39 is 19.7 Å². The second-order valence-electron chi connectivity index (χ2n) is 5.69. The average molecular weight is 442 g/mol. The first-order valence-electron chi connectivity index (χ1n) is 8.05. The molecule has 3 N–H and O–H groups in total. The van der Waals surface area contributed by atoms with E-state index in [1.54, 1.807) is 0 Å². The van der Waals surface area contributed by atoms with Crippen molar-refractivity contribution in [1.29, 1.82) is 0 Å². The summed E-state index contributed by atoms with van der Waals surface area (Å²) in [6.45, 7) is 0.402. The number of unbranched alkanes of at least 4 members (excludes halogenated alkanes) is 1. The molecule has 0 spiro atoms. The Labute approximate surface area is 244 Å². The van der Waals surface area contributed by atoms with Gasteiger partial charge >= 0.3 is 7.60 Å². The summed E-state index contributed by atoms with van der Waals surface area (Å²) < 4.78 is 16.5. The number of nitrogens with one attached hydrogen (secondary N) is 1. The van der Waals surface area contributed by atoms with E-state index in [0.29, 0.717) is 6.54 Å². The van der Waals surface area contributed by atoms with Crippen molar-refractivity contribution in [3.8, 4) is 11.5 Å². The number of hydrogen-bond donors (Lipinski definition) is 3. The van der Waals surface area contributed by atoms with Crippen molar-refractivity contribution in [1.82, 2.24) is 5.32 Å². The summed E-state index contributed by atoms with van der Waals surface area (Å²) in [4.78, 5) is 28.7. The van der Waals surface area contributed by atoms with Crippen molar-refractivity contribution in [3.63, 3.8) is 0 Å². The molecule has 0 fully saturated rings. The van der Waals surface area contributed by atoms with Gasteiger partial charge < -0.3 is 19.8 Å². The Morgan fingerprint density at radius 1 is 0.963 bits per heavy atom. The zero-order chi connectivity index (χ0) is 18.1. The van der Waals surface area contributed by atoms with Gasteiger partial charge in [0.2, 0.25) is 5.91 Å². The fourth-order valence-corrected chi connectivity index (χ4v) is 2.80. The van der Waals surface area contributed by atoms with Crippen LogP contribution in [-0.4, -0.2) is 131 Å². The quantitative estimate of drug-likeness (QED) is 0.315. The van der Waals surface area contributed by atoms with E-state index in [0.717, 1.165) is 36.3 Å². The van der Waals surface area contributed by atoms with Crippen molar-refractivity contribution in [2.45, 2.75) is 19.3 Å². The standard InChI is InChI=1S/C18H22NO5P.2K/c20-18(14-25(21,22)23)19-12-5-4-7-15-8-6-11-17(13-15)24-16-9-2-1-3-10-16;;/h1-3,6,8-11,13H,4-5,7,12,14H2,(H,19,20)(H2,21,22,23);;. The van der Waals surface area contributed by atoms with Crippen LogP contribution in [0.4, 0.5) is 0 Å². The zero-order valence-electron chi connectivity index (χ0n) is 15.8. The normalized spacial score (nSPS) is 10.3. The summed E-state index contributed by atoms with van der Waals surface area (Å²) >= 11 is 0. The van der Waals surface area contributed by atoms with Crippen LogP contribution in [0.15, 0.2) is 54.6 Å². The maximum atomic E-state index is 11.3. The molecule has 0 atom stereocenters. The predicted octanol–water partition coefficient (Wildman–Crippen LogP) is 2.33. The molecule has 6 nitrogen and oxygen atoms in total. The minimum atomic E-state index is -4.29. The topological polar surface area (TPSA) is 95.9 Å². The van der Waals surface area contributed by atoms with Gasteiger partial charge in [-0.25, -0.2) is 0 Å². The summed E-state index contributed by atoms with van der Waals surface area (Å²) in [5, 5.41) is 2.51. The number of ether oxygens (including phenoxy) is 1. The van der Waals surface area contributed by atoms with Gasteiger partial charge in [0, 0.05) is 109 Å². The number of aryl methyl sites for hydroxylation is 1. The van der Waals surface area contributed by atoms with Crippen LogP contribution in [0.3, 0.4) is 0 Å². The summed E-state index contributed by atoms with van der Waals surface area (Å²) in [7, 11) is -4.29. The molecule has 2 rings (SSSR count). The second kappa shape index (κ2) is 15.0. The minimum absolute atomic E-state index is 0. The van der Waals surface area contributed by atoms with Crippen molar-refractivity contribution in [2.24, 2.45) is 0 Å². The average Bonchev–Trinajstić information content (AvgIpc) is 2.54. The van der Waals surface area contributed by atoms with E-state index in [-0.39, 0.29) is 103 Å². The molecule has 2 radical (unpaired) electrons. The van der Waals surface area contributed by atoms with Crippen LogP contribution in [-0.2, 0) is 15.8 Å². The third-order valence-corrected chi connectivity index (χ3v) is 4.14. The fraction of sp³-hybridized carbons (Fsp3) is 0.278. The third kappa shape index (κ3) is 13.1. The van der Waals surface area contributed by atoms with Crippen LogP contribution < -0.4 is 10.1 Å². The number of para-hydroxylation sites is 1. The Morgan fingerprint density at radius 3 is 2.30 bits per heavy atom. The molecule has 0 saturated carbocycles. The SMILES string of the molecule is O=C(CP(=O)(O)O)NCCCCc1cccc(Oc2ccccc2)c1.[K].[K]. The first-order valence-corrected chi connectivity index (χ1v) is 9.85. The Bertz CT molecular complexity index is 740. The van der Waals surface area contributed by atoms with Gasteiger partial charge in [-0.1, -0.05) is 30.3 Å². The van der Waals surface area contributed by atoms with Crippen molar-refractivity contribution >= 4 is 116 Å². The first kappa shape index (κ1) is 28.1. The monoisotopic (exact) mass is 441 g/mol. The van der Waals surface area contributed by atoms with E-state index in [4.69, 9.17) is 14.5 Å². The molecular formula is C18H22K2NO5P. The largest absolute Gasteiger partial charge is 0.457 e. The van der Waals surface area contributed by atoms with Crippen molar-refractivity contribution in [2.75, 3.05) is 12.7 Å². The number of benzene rings is 2. The third-order valence-electron chi connectivity index (χ3n) is 3.44. The molecule has 27 heavy (non-hydrogen) atoms. The van der Waals surface area contributed by atoms with Crippen LogP contribution in [0.2, 0.25) is 0 Å². The molecule has 0 aliphatic carbocycles. The predicted molar refractivity (Wildman–Crippen MR) is 107 cm³/mol. The molecule has 1 amide bonds. The number of amides is 1. The summed E-state index contributed by atoms with van der Waals surface area (Å²) in [6, 6.07) is 17.4. The van der Waals surface area contributed by atoms with Crippen molar-refractivity contribution in [3.05, 3.63) is 60.2 Å². The molecule has 0 aliphatic heterocycles. The zero-order valence-corrected chi connectivity index (χ0v) is 22.9. The van der Waals surface area contributed by atoms with Crippen LogP contribution in [0.5, 0.6) is 11.5 Å². The van der Waals surface area contributed by atoms with Crippen molar-refractivity contribution < 1.29 is 23.9 Å². The number of hydrogen-bond acceptors (Lipinski definition) is 3. The molecular weight excluding hydrogens is 419 g/mol. The van der Waals surface area contributed by atoms with Crippen LogP contribution in [0.25, 0.3) is 0 Å². The first-order chi connectivity index (χ1) is 11.9. The Balaban J connectivity index is 0.00000338. The molecule has 0 aliphatic rings. The second-order valence-corrected chi connectivity index (χ2v) is 7.34. The number of rotatable bonds is 9. The Morgan fingerprint density at radius 2 is 1.63 bits per heavy atom. The van der Waals surface area contributed by atoms with Crippen LogP contribution in [0, 0.1) is 0 Å². The maximum absolute atomic E-state index is 11.3. The van der Waals surface area contributed by atoms with E-state index in [1.807, 2.05) is 54.6 Å². The van der Waals surface area contributed by atoms with Crippen LogP contribution in [0.1, 0.15) is 18.4 Å². The molecule has 0 unspecified atom stereocenters. The van der Waals surface area contributed by atoms with E-state index in [1.165, 1.54) is 0 Å². The number of carbonyl (C=O) groups is 1. The van der Waals surface area contributed by atoms with E-state index in [2.05, 4.69) is 5.32 Å². The summed E-state index contributed by atoms with van der Waals surface area (Å²) in [5.74, 6) is 0.942. The van der Waals surface area contributed by atoms with Gasteiger partial charge in [-0.15, -0.1) is 0 Å². The fourth-order valence-electron chi connectivity index (χ4n) is 2.31. The Kier molecular flexibility index (Phi) is 15.6. The molecule has 2 aromatic carbocycles. The molecule has 0 bridgehead atoms. The van der Waals surface area contributed by atoms with Gasteiger partial charge in [0.15, 0.2) is 0 Å². The molecule has 2 aromatic rings. The number of carbonyl (C=O) groups excluding carboxylic acids is 1. The van der Waals surface area contributed by atoms with E-state index >= 15 is 0 Å². The van der Waals surface area contributed by atoms with Gasteiger partial charge in [0.1, 0.15) is 17.7 Å². The molecule has 9 heteroatoms. The molecule has 0 saturated heterocycles. The maximum Gasteiger partial charge on any atom is 0.334 e. The summed E-state index contributed by atoms with van der Waals surface area (Å²) in [6.07, 6.45) is 1.66. The van der Waals surface area contributed by atoms with Crippen LogP contribution >= 0.6 is 7.60 Å². The smallest absolute Gasteiger partial charge is 0.334 e. The van der Waals surface area contributed by atoms with Gasteiger partial charge in [-0.05, 0) is 49.1 Å². The molecule has 0 heterocycles. The minimum Gasteiger partial charge on any atom is -0.457 e. The molecule has 136 valence electrons. The van der Waals surface area contributed by atoms with Gasteiger partial charge in [-0.2, -0.15) is 0 Å². The van der Waals surface area contributed by atoms with E-state index in [9.17, 15) is 9.36 Å². The Hall–Kier alpha value is 1.13. The summed E-state index contributed by atoms with van der Waals surface area (Å²) in [5.41, 5.74) is 1.13. The van der Waals surface area contributed by atoms with Gasteiger partial charge in [0.25, 0.3) is 0 Å². The van der Waals surface area contributed by atoms with Gasteiger partial charge in [0.05, 0.1) is 0 Å².